The fourth-order valence-electron chi connectivity index (χ4n) is 3.75. The van der Waals surface area contributed by atoms with Crippen LogP contribution in [0.5, 0.6) is 0 Å². The maximum atomic E-state index is 14.8. The van der Waals surface area contributed by atoms with Gasteiger partial charge in [-0.05, 0) is 25.8 Å². The second-order valence-corrected chi connectivity index (χ2v) is 8.32. The van der Waals surface area contributed by atoms with Gasteiger partial charge >= 0.3 is 0 Å². The third-order valence-electron chi connectivity index (χ3n) is 5.81. The van der Waals surface area contributed by atoms with E-state index >= 15 is 0 Å². The number of allylic oxidation sites excluding steroid dienone is 2. The van der Waals surface area contributed by atoms with Crippen molar-refractivity contribution in [1.82, 2.24) is 25.2 Å². The molecule has 35 heavy (non-hydrogen) atoms. The monoisotopic (exact) mass is 492 g/mol. The first-order valence-corrected chi connectivity index (χ1v) is 11.0. The Morgan fingerprint density at radius 1 is 1.29 bits per heavy atom. The molecule has 2 rings (SSSR count). The standard InChI is InChI=1S/C23H34F2N8O2/c1-7-16(22(34)31(4)5)12-18(25)15(3)29-20-19(14(2)24)21(28-13-27-20)32(6)17-8-10-33(11-9-17)23(26)30-35/h7,12-13,17,23,30,35H,2-3,8-11,26H2,1,4-6H3,(H,27,28,29)/b16-7+,18-12+. The molecular formula is C23H34F2N8O2. The number of piperidine rings is 1. The lowest BCUT2D eigenvalue weighted by Crippen LogP contribution is -2.55. The fraction of sp³-hybridized carbons (Fsp3) is 0.435. The van der Waals surface area contributed by atoms with E-state index in [0.717, 1.165) is 6.08 Å². The molecule has 5 N–H and O–H groups in total. The number of hydrogen-bond acceptors (Lipinski definition) is 9. The van der Waals surface area contributed by atoms with Crippen LogP contribution in [0.1, 0.15) is 25.3 Å². The molecule has 1 fully saturated rings. The van der Waals surface area contributed by atoms with Crippen molar-refractivity contribution < 1.29 is 18.8 Å². The van der Waals surface area contributed by atoms with Crippen molar-refractivity contribution >= 4 is 23.4 Å². The molecule has 1 saturated heterocycles. The van der Waals surface area contributed by atoms with E-state index in [2.05, 4.69) is 28.4 Å². The molecule has 1 aromatic rings. The minimum absolute atomic E-state index is 0.00659. The van der Waals surface area contributed by atoms with Gasteiger partial charge in [0, 0.05) is 45.8 Å². The molecule has 0 radical (unpaired) electrons. The van der Waals surface area contributed by atoms with Crippen molar-refractivity contribution in [3.8, 4) is 0 Å². The summed E-state index contributed by atoms with van der Waals surface area (Å²) in [7, 11) is 4.90. The van der Waals surface area contributed by atoms with Gasteiger partial charge in [-0.25, -0.2) is 18.7 Å². The molecular weight excluding hydrogens is 458 g/mol. The molecule has 0 saturated carbocycles. The molecule has 0 bridgehead atoms. The number of nitrogens with two attached hydrogens (primary N) is 1. The highest BCUT2D eigenvalue weighted by molar-refractivity contribution is 5.96. The molecule has 0 aromatic carbocycles. The van der Waals surface area contributed by atoms with Crippen LogP contribution in [0.25, 0.3) is 5.83 Å². The van der Waals surface area contributed by atoms with Gasteiger partial charge in [-0.15, -0.1) is 0 Å². The van der Waals surface area contributed by atoms with Gasteiger partial charge in [0.15, 0.2) is 0 Å². The SMILES string of the molecule is C=C(Nc1ncnc(N(C)C2CCN(C(N)NO)CC2)c1C(=C)F)/C(F)=C\C(=C/C)C(=O)N(C)C. The quantitative estimate of drug-likeness (QED) is 0.169. The lowest BCUT2D eigenvalue weighted by atomic mass is 10.0. The summed E-state index contributed by atoms with van der Waals surface area (Å²) in [5.41, 5.74) is 7.74. The van der Waals surface area contributed by atoms with Crippen LogP contribution in [0.4, 0.5) is 20.4 Å². The molecule has 0 aliphatic carbocycles. The Morgan fingerprint density at radius 3 is 2.43 bits per heavy atom. The average Bonchev–Trinajstić information content (AvgIpc) is 2.85. The van der Waals surface area contributed by atoms with Gasteiger partial charge in [-0.2, -0.15) is 5.48 Å². The number of amides is 1. The van der Waals surface area contributed by atoms with Crippen LogP contribution >= 0.6 is 0 Å². The van der Waals surface area contributed by atoms with Crippen LogP contribution in [0.3, 0.4) is 0 Å². The van der Waals surface area contributed by atoms with Crippen LogP contribution in [-0.2, 0) is 4.79 Å². The number of likely N-dealkylation sites (N-methyl/N-ethyl adjacent to an activating group) is 1. The van der Waals surface area contributed by atoms with Crippen LogP contribution in [0.15, 0.2) is 48.7 Å². The summed E-state index contributed by atoms with van der Waals surface area (Å²) in [6, 6.07) is 0.00659. The Balaban J connectivity index is 2.26. The third-order valence-corrected chi connectivity index (χ3v) is 5.81. The molecule has 1 unspecified atom stereocenters. The molecule has 1 aliphatic heterocycles. The number of halogens is 2. The van der Waals surface area contributed by atoms with E-state index in [0.29, 0.717) is 25.9 Å². The summed E-state index contributed by atoms with van der Waals surface area (Å²) < 4.78 is 29.4. The summed E-state index contributed by atoms with van der Waals surface area (Å²) in [5, 5.41) is 11.7. The zero-order valence-electron chi connectivity index (χ0n) is 20.6. The second kappa shape index (κ2) is 12.5. The van der Waals surface area contributed by atoms with E-state index in [-0.39, 0.29) is 40.4 Å². The number of nitrogens with one attached hydrogen (secondary N) is 2. The number of hydrogen-bond donors (Lipinski definition) is 4. The van der Waals surface area contributed by atoms with E-state index in [1.54, 1.807) is 28.1 Å². The predicted molar refractivity (Wildman–Crippen MR) is 132 cm³/mol. The molecule has 1 atom stereocenters. The fourth-order valence-corrected chi connectivity index (χ4v) is 3.75. The smallest absolute Gasteiger partial charge is 0.253 e. The Labute approximate surface area is 204 Å². The number of anilines is 2. The molecule has 0 spiro atoms. The topological polar surface area (TPSA) is 123 Å². The maximum absolute atomic E-state index is 14.8. The number of carbonyl (C=O) groups excluding carboxylic acids is 1. The van der Waals surface area contributed by atoms with E-state index in [1.165, 1.54) is 17.3 Å². The predicted octanol–water partition coefficient (Wildman–Crippen LogP) is 2.35. The molecule has 2 heterocycles. The van der Waals surface area contributed by atoms with Crippen molar-refractivity contribution in [2.75, 3.05) is 44.4 Å². The first-order valence-electron chi connectivity index (χ1n) is 11.0. The Hall–Kier alpha value is -3.19. The molecule has 10 nitrogen and oxygen atoms in total. The van der Waals surface area contributed by atoms with Crippen molar-refractivity contribution in [2.45, 2.75) is 32.1 Å². The van der Waals surface area contributed by atoms with Crippen molar-refractivity contribution in [3.05, 3.63) is 54.3 Å². The van der Waals surface area contributed by atoms with Gasteiger partial charge in [-0.1, -0.05) is 19.2 Å². The van der Waals surface area contributed by atoms with Gasteiger partial charge in [0.05, 0.1) is 11.3 Å². The van der Waals surface area contributed by atoms with Crippen LogP contribution in [0.2, 0.25) is 0 Å². The number of aromatic nitrogens is 2. The van der Waals surface area contributed by atoms with E-state index in [4.69, 9.17) is 10.9 Å². The Bertz CT molecular complexity index is 1000. The van der Waals surface area contributed by atoms with Gasteiger partial charge in [0.1, 0.15) is 35.9 Å². The summed E-state index contributed by atoms with van der Waals surface area (Å²) in [6.07, 6.45) is 4.48. The Morgan fingerprint density at radius 2 is 1.91 bits per heavy atom. The summed E-state index contributed by atoms with van der Waals surface area (Å²) in [5.74, 6) is -1.70. The molecule has 1 aromatic heterocycles. The molecule has 192 valence electrons. The Kier molecular flexibility index (Phi) is 10.0. The zero-order valence-corrected chi connectivity index (χ0v) is 20.6. The first-order chi connectivity index (χ1) is 16.5. The number of hydroxylamine groups is 1. The lowest BCUT2D eigenvalue weighted by Gasteiger charge is -2.39. The zero-order chi connectivity index (χ0) is 26.3. The maximum Gasteiger partial charge on any atom is 0.253 e. The number of likely N-dealkylation sites (tertiary alicyclic amines) is 1. The summed E-state index contributed by atoms with van der Waals surface area (Å²) in [6.45, 7) is 9.90. The highest BCUT2D eigenvalue weighted by atomic mass is 19.1. The largest absolute Gasteiger partial charge is 0.356 e. The van der Waals surface area contributed by atoms with E-state index in [9.17, 15) is 13.6 Å². The highest BCUT2D eigenvalue weighted by Gasteiger charge is 2.28. The molecule has 12 heteroatoms. The van der Waals surface area contributed by atoms with Crippen LogP contribution in [-0.4, -0.2) is 77.4 Å². The first kappa shape index (κ1) is 28.1. The van der Waals surface area contributed by atoms with Crippen molar-refractivity contribution in [3.63, 3.8) is 0 Å². The molecule has 1 aliphatic rings. The molecule has 1 amide bonds. The van der Waals surface area contributed by atoms with Crippen molar-refractivity contribution in [2.24, 2.45) is 5.73 Å². The van der Waals surface area contributed by atoms with Crippen LogP contribution < -0.4 is 21.4 Å². The lowest BCUT2D eigenvalue weighted by molar-refractivity contribution is -0.124. The summed E-state index contributed by atoms with van der Waals surface area (Å²) in [4.78, 5) is 25.5. The minimum Gasteiger partial charge on any atom is -0.356 e. The van der Waals surface area contributed by atoms with Gasteiger partial charge in [0.25, 0.3) is 5.91 Å². The highest BCUT2D eigenvalue weighted by Crippen LogP contribution is 2.33. The third kappa shape index (κ3) is 6.92. The number of rotatable bonds is 10. The van der Waals surface area contributed by atoms with Gasteiger partial charge < -0.3 is 26.1 Å². The average molecular weight is 493 g/mol. The van der Waals surface area contributed by atoms with Crippen LogP contribution in [0, 0.1) is 0 Å². The van der Waals surface area contributed by atoms with Gasteiger partial charge in [0.2, 0.25) is 0 Å². The van der Waals surface area contributed by atoms with Gasteiger partial charge in [-0.3, -0.25) is 9.69 Å². The number of nitrogens with zero attached hydrogens (tertiary/aromatic N) is 5. The second-order valence-electron chi connectivity index (χ2n) is 8.32. The van der Waals surface area contributed by atoms with Crippen molar-refractivity contribution in [1.29, 1.82) is 0 Å². The van der Waals surface area contributed by atoms with E-state index in [1.807, 2.05) is 15.3 Å². The minimum atomic E-state index is -0.807. The number of carbonyl (C=O) groups is 1. The van der Waals surface area contributed by atoms with E-state index < -0.39 is 17.9 Å². The normalized spacial score (nSPS) is 16.6. The summed E-state index contributed by atoms with van der Waals surface area (Å²) >= 11 is 0.